The zero-order chi connectivity index (χ0) is 10.9. The molecule has 0 aromatic rings. The van der Waals surface area contributed by atoms with Crippen molar-refractivity contribution in [3.05, 3.63) is 0 Å². The van der Waals surface area contributed by atoms with Crippen LogP contribution in [0.2, 0.25) is 0 Å². The molecule has 0 saturated carbocycles. The SMILES string of the molecule is CCCC(CO)CO.O=P(O)(O)O. The standard InChI is InChI=1S/C6H14O2.H3O4P/c1-2-3-6(4-7)5-8;1-5(2,3)4/h6-8H,2-5H2,1H3;(H3,1,2,3,4). The molecule has 0 aliphatic heterocycles. The quantitative estimate of drug-likeness (QED) is 0.403. The summed E-state index contributed by atoms with van der Waals surface area (Å²) in [6, 6.07) is 0. The van der Waals surface area contributed by atoms with Crippen molar-refractivity contribution in [2.24, 2.45) is 5.92 Å². The summed E-state index contributed by atoms with van der Waals surface area (Å²) in [4.78, 5) is 21.6. The molecule has 82 valence electrons. The fraction of sp³-hybridized carbons (Fsp3) is 1.00. The predicted octanol–water partition coefficient (Wildman–Crippen LogP) is -0.541. The van der Waals surface area contributed by atoms with Gasteiger partial charge in [0.25, 0.3) is 0 Å². The molecule has 13 heavy (non-hydrogen) atoms. The highest BCUT2D eigenvalue weighted by Gasteiger charge is 2.01. The van der Waals surface area contributed by atoms with Crippen molar-refractivity contribution in [2.75, 3.05) is 13.2 Å². The maximum Gasteiger partial charge on any atom is 0.466 e. The van der Waals surface area contributed by atoms with Crippen molar-refractivity contribution in [2.45, 2.75) is 19.8 Å². The van der Waals surface area contributed by atoms with E-state index in [1.807, 2.05) is 6.92 Å². The molecule has 0 bridgehead atoms. The molecule has 0 fully saturated rings. The van der Waals surface area contributed by atoms with Gasteiger partial charge in [0.2, 0.25) is 0 Å². The first-order valence-electron chi connectivity index (χ1n) is 3.85. The van der Waals surface area contributed by atoms with Crippen LogP contribution in [-0.4, -0.2) is 38.1 Å². The van der Waals surface area contributed by atoms with E-state index in [1.165, 1.54) is 0 Å². The molecule has 0 aliphatic carbocycles. The zero-order valence-corrected chi connectivity index (χ0v) is 8.39. The molecule has 0 rings (SSSR count). The Balaban J connectivity index is 0. The largest absolute Gasteiger partial charge is 0.466 e. The van der Waals surface area contributed by atoms with E-state index in [2.05, 4.69) is 0 Å². The Bertz CT molecular complexity index is 132. The second-order valence-electron chi connectivity index (χ2n) is 2.53. The lowest BCUT2D eigenvalue weighted by atomic mass is 10.1. The molecule has 0 unspecified atom stereocenters. The highest BCUT2D eigenvalue weighted by atomic mass is 31.2. The molecular weight excluding hydrogens is 199 g/mol. The van der Waals surface area contributed by atoms with Gasteiger partial charge in [0.1, 0.15) is 0 Å². The van der Waals surface area contributed by atoms with Gasteiger partial charge in [0.15, 0.2) is 0 Å². The Morgan fingerprint density at radius 3 is 1.54 bits per heavy atom. The topological polar surface area (TPSA) is 118 Å². The van der Waals surface area contributed by atoms with E-state index in [1.54, 1.807) is 0 Å². The fourth-order valence-electron chi connectivity index (χ4n) is 0.649. The highest BCUT2D eigenvalue weighted by molar-refractivity contribution is 7.45. The van der Waals surface area contributed by atoms with E-state index in [9.17, 15) is 0 Å². The highest BCUT2D eigenvalue weighted by Crippen LogP contribution is 2.25. The van der Waals surface area contributed by atoms with Crippen molar-refractivity contribution in [1.29, 1.82) is 0 Å². The molecule has 0 radical (unpaired) electrons. The van der Waals surface area contributed by atoms with E-state index in [0.29, 0.717) is 0 Å². The fourth-order valence-corrected chi connectivity index (χ4v) is 0.649. The maximum atomic E-state index is 8.88. The van der Waals surface area contributed by atoms with Gasteiger partial charge in [-0.2, -0.15) is 0 Å². The first-order valence-corrected chi connectivity index (χ1v) is 5.41. The van der Waals surface area contributed by atoms with Gasteiger partial charge in [0, 0.05) is 19.1 Å². The van der Waals surface area contributed by atoms with Gasteiger partial charge in [-0.3, -0.25) is 0 Å². The summed E-state index contributed by atoms with van der Waals surface area (Å²) in [5.41, 5.74) is 0. The van der Waals surface area contributed by atoms with Crippen LogP contribution in [-0.2, 0) is 4.57 Å². The molecule has 0 atom stereocenters. The Labute approximate surface area is 77.1 Å². The number of rotatable bonds is 4. The summed E-state index contributed by atoms with van der Waals surface area (Å²) in [6.45, 7) is 2.27. The first kappa shape index (κ1) is 15.5. The van der Waals surface area contributed by atoms with Crippen LogP contribution in [0.25, 0.3) is 0 Å². The minimum absolute atomic E-state index is 0.111. The van der Waals surface area contributed by atoms with Gasteiger partial charge in [-0.25, -0.2) is 4.57 Å². The Morgan fingerprint density at radius 1 is 1.15 bits per heavy atom. The van der Waals surface area contributed by atoms with Crippen LogP contribution in [0, 0.1) is 5.92 Å². The molecule has 0 aliphatic rings. The van der Waals surface area contributed by atoms with Gasteiger partial charge < -0.3 is 24.9 Å². The monoisotopic (exact) mass is 216 g/mol. The van der Waals surface area contributed by atoms with Crippen LogP contribution >= 0.6 is 7.82 Å². The minimum atomic E-state index is -4.64. The third-order valence-corrected chi connectivity index (χ3v) is 1.21. The molecule has 0 spiro atoms. The lowest BCUT2D eigenvalue weighted by molar-refractivity contribution is 0.143. The van der Waals surface area contributed by atoms with E-state index < -0.39 is 7.82 Å². The van der Waals surface area contributed by atoms with E-state index in [-0.39, 0.29) is 19.1 Å². The maximum absolute atomic E-state index is 8.88. The van der Waals surface area contributed by atoms with Crippen LogP contribution in [0.5, 0.6) is 0 Å². The average Bonchev–Trinajstić information content (AvgIpc) is 1.97. The number of aliphatic hydroxyl groups is 2. The summed E-state index contributed by atoms with van der Waals surface area (Å²) in [5, 5.41) is 17.0. The van der Waals surface area contributed by atoms with E-state index in [4.69, 9.17) is 29.5 Å². The van der Waals surface area contributed by atoms with Crippen molar-refractivity contribution >= 4 is 7.82 Å². The molecule has 6 nitrogen and oxygen atoms in total. The lowest BCUT2D eigenvalue weighted by Gasteiger charge is -2.06. The molecule has 0 saturated heterocycles. The van der Waals surface area contributed by atoms with Crippen LogP contribution in [0.15, 0.2) is 0 Å². The molecule has 0 aromatic carbocycles. The van der Waals surface area contributed by atoms with Gasteiger partial charge in [-0.1, -0.05) is 13.3 Å². The number of hydrogen-bond acceptors (Lipinski definition) is 3. The molecular formula is C6H17O6P. The minimum Gasteiger partial charge on any atom is -0.396 e. The third-order valence-electron chi connectivity index (χ3n) is 1.21. The van der Waals surface area contributed by atoms with Crippen molar-refractivity contribution in [1.82, 2.24) is 0 Å². The van der Waals surface area contributed by atoms with Gasteiger partial charge in [-0.15, -0.1) is 0 Å². The molecule has 5 N–H and O–H groups in total. The normalized spacial score (nSPS) is 11.0. The van der Waals surface area contributed by atoms with Gasteiger partial charge >= 0.3 is 7.82 Å². The molecule has 0 amide bonds. The Kier molecular flexibility index (Phi) is 10.3. The summed E-state index contributed by atoms with van der Waals surface area (Å²) in [7, 11) is -4.64. The smallest absolute Gasteiger partial charge is 0.396 e. The molecule has 0 heterocycles. The van der Waals surface area contributed by atoms with Crippen LogP contribution in [0.1, 0.15) is 19.8 Å². The van der Waals surface area contributed by atoms with Gasteiger partial charge in [-0.05, 0) is 6.42 Å². The Hall–Kier alpha value is 0.0300. The summed E-state index contributed by atoms with van der Waals surface area (Å²) >= 11 is 0. The molecule has 0 aromatic heterocycles. The van der Waals surface area contributed by atoms with Crippen LogP contribution < -0.4 is 0 Å². The molecule has 7 heteroatoms. The van der Waals surface area contributed by atoms with Gasteiger partial charge in [0.05, 0.1) is 0 Å². The van der Waals surface area contributed by atoms with E-state index in [0.717, 1.165) is 12.8 Å². The van der Waals surface area contributed by atoms with Crippen molar-refractivity contribution < 1.29 is 29.5 Å². The number of hydrogen-bond donors (Lipinski definition) is 5. The number of phosphoric acid groups is 1. The predicted molar refractivity (Wildman–Crippen MR) is 46.8 cm³/mol. The lowest BCUT2D eigenvalue weighted by Crippen LogP contribution is -2.09. The van der Waals surface area contributed by atoms with Crippen LogP contribution in [0.3, 0.4) is 0 Å². The zero-order valence-electron chi connectivity index (χ0n) is 7.50. The first-order chi connectivity index (χ1) is 5.85. The second kappa shape index (κ2) is 8.62. The van der Waals surface area contributed by atoms with Crippen molar-refractivity contribution in [3.63, 3.8) is 0 Å². The summed E-state index contributed by atoms with van der Waals surface area (Å²) in [5.74, 6) is 0.111. The van der Waals surface area contributed by atoms with Crippen LogP contribution in [0.4, 0.5) is 0 Å². The average molecular weight is 216 g/mol. The second-order valence-corrected chi connectivity index (χ2v) is 3.56. The third kappa shape index (κ3) is 24.5. The van der Waals surface area contributed by atoms with E-state index >= 15 is 0 Å². The Morgan fingerprint density at radius 2 is 1.46 bits per heavy atom. The van der Waals surface area contributed by atoms with Crippen molar-refractivity contribution in [3.8, 4) is 0 Å². The number of aliphatic hydroxyl groups excluding tert-OH is 2. The summed E-state index contributed by atoms with van der Waals surface area (Å²) < 4.78 is 8.88. The summed E-state index contributed by atoms with van der Waals surface area (Å²) in [6.07, 6.45) is 1.96.